The van der Waals surface area contributed by atoms with Crippen LogP contribution in [0.2, 0.25) is 0 Å². The van der Waals surface area contributed by atoms with Gasteiger partial charge in [0.1, 0.15) is 0 Å². The largest absolute Gasteiger partial charge is 0.466 e. The number of alkyl halides is 2. The van der Waals surface area contributed by atoms with Gasteiger partial charge in [-0.25, -0.2) is 8.78 Å². The van der Waals surface area contributed by atoms with E-state index in [1.54, 1.807) is 6.92 Å². The standard InChI is InChI=1S/C12H14F2O3/c1-2-17-11(16)7-10(15)8-3-5-9(6-4-8)12(13)14/h3-6,10,12,15H,2,7H2,1H3. The minimum absolute atomic E-state index is 0.114. The number of carbonyl (C=O) groups excluding carboxylic acids is 1. The molecule has 0 radical (unpaired) electrons. The summed E-state index contributed by atoms with van der Waals surface area (Å²) < 4.78 is 29.2. The van der Waals surface area contributed by atoms with E-state index in [0.29, 0.717) is 5.56 Å². The Bertz CT molecular complexity index is 363. The molecule has 17 heavy (non-hydrogen) atoms. The van der Waals surface area contributed by atoms with Crippen LogP contribution in [0, 0.1) is 0 Å². The molecule has 0 aromatic heterocycles. The van der Waals surface area contributed by atoms with E-state index in [2.05, 4.69) is 4.74 Å². The van der Waals surface area contributed by atoms with Gasteiger partial charge in [-0.05, 0) is 12.5 Å². The van der Waals surface area contributed by atoms with Crippen LogP contribution < -0.4 is 0 Å². The molecule has 1 atom stereocenters. The Morgan fingerprint density at radius 2 is 1.82 bits per heavy atom. The fourth-order valence-corrected chi connectivity index (χ4v) is 1.36. The summed E-state index contributed by atoms with van der Waals surface area (Å²) in [4.78, 5) is 11.1. The lowest BCUT2D eigenvalue weighted by molar-refractivity contribution is -0.145. The van der Waals surface area contributed by atoms with Crippen molar-refractivity contribution in [1.29, 1.82) is 0 Å². The van der Waals surface area contributed by atoms with Crippen molar-refractivity contribution in [3.05, 3.63) is 35.4 Å². The molecule has 0 aliphatic rings. The van der Waals surface area contributed by atoms with Crippen molar-refractivity contribution in [1.82, 2.24) is 0 Å². The normalized spacial score (nSPS) is 12.5. The summed E-state index contributed by atoms with van der Waals surface area (Å²) in [5.41, 5.74) is 0.305. The molecular formula is C12H14F2O3. The molecule has 0 spiro atoms. The summed E-state index contributed by atoms with van der Waals surface area (Å²) in [7, 11) is 0. The van der Waals surface area contributed by atoms with E-state index in [1.165, 1.54) is 24.3 Å². The van der Waals surface area contributed by atoms with Crippen LogP contribution in [0.3, 0.4) is 0 Å². The number of carbonyl (C=O) groups is 1. The van der Waals surface area contributed by atoms with Crippen molar-refractivity contribution in [2.45, 2.75) is 25.9 Å². The molecule has 1 aromatic carbocycles. The number of aliphatic hydroxyl groups excluding tert-OH is 1. The van der Waals surface area contributed by atoms with E-state index >= 15 is 0 Å². The van der Waals surface area contributed by atoms with Gasteiger partial charge in [-0.15, -0.1) is 0 Å². The van der Waals surface area contributed by atoms with Crippen LogP contribution in [0.25, 0.3) is 0 Å². The first-order chi connectivity index (χ1) is 8.04. The predicted molar refractivity (Wildman–Crippen MR) is 57.6 cm³/mol. The molecule has 0 bridgehead atoms. The molecule has 1 N–H and O–H groups in total. The minimum atomic E-state index is -2.54. The molecule has 0 aliphatic carbocycles. The molecule has 1 unspecified atom stereocenters. The van der Waals surface area contributed by atoms with Gasteiger partial charge in [0.2, 0.25) is 0 Å². The SMILES string of the molecule is CCOC(=O)CC(O)c1ccc(C(F)F)cc1. The maximum atomic E-state index is 12.3. The second-order valence-electron chi connectivity index (χ2n) is 3.49. The molecule has 0 aliphatic heterocycles. The number of aliphatic hydroxyl groups is 1. The maximum absolute atomic E-state index is 12.3. The number of benzene rings is 1. The van der Waals surface area contributed by atoms with Gasteiger partial charge >= 0.3 is 5.97 Å². The van der Waals surface area contributed by atoms with Gasteiger partial charge in [0.25, 0.3) is 6.43 Å². The van der Waals surface area contributed by atoms with Gasteiger partial charge in [-0.3, -0.25) is 4.79 Å². The van der Waals surface area contributed by atoms with Gasteiger partial charge in [0.15, 0.2) is 0 Å². The van der Waals surface area contributed by atoms with E-state index in [-0.39, 0.29) is 18.6 Å². The zero-order valence-corrected chi connectivity index (χ0v) is 9.40. The van der Waals surface area contributed by atoms with Crippen molar-refractivity contribution >= 4 is 5.97 Å². The summed E-state index contributed by atoms with van der Waals surface area (Å²) in [6.07, 6.45) is -3.74. The quantitative estimate of drug-likeness (QED) is 0.810. The van der Waals surface area contributed by atoms with Gasteiger partial charge in [0.05, 0.1) is 19.1 Å². The van der Waals surface area contributed by atoms with E-state index in [4.69, 9.17) is 0 Å². The van der Waals surface area contributed by atoms with Gasteiger partial charge in [0, 0.05) is 5.56 Å². The Kier molecular flexibility index (Phi) is 5.03. The van der Waals surface area contributed by atoms with Crippen molar-refractivity contribution in [3.8, 4) is 0 Å². The van der Waals surface area contributed by atoms with Crippen LogP contribution in [-0.2, 0) is 9.53 Å². The van der Waals surface area contributed by atoms with Crippen molar-refractivity contribution in [2.75, 3.05) is 6.61 Å². The molecule has 0 heterocycles. The third-order valence-corrected chi connectivity index (χ3v) is 2.24. The van der Waals surface area contributed by atoms with E-state index in [1.807, 2.05) is 0 Å². The molecular weight excluding hydrogens is 230 g/mol. The fourth-order valence-electron chi connectivity index (χ4n) is 1.36. The number of hydrogen-bond donors (Lipinski definition) is 1. The minimum Gasteiger partial charge on any atom is -0.466 e. The Balaban J connectivity index is 2.63. The van der Waals surface area contributed by atoms with Gasteiger partial charge in [-0.1, -0.05) is 24.3 Å². The maximum Gasteiger partial charge on any atom is 0.308 e. The zero-order valence-electron chi connectivity index (χ0n) is 9.40. The lowest BCUT2D eigenvalue weighted by Gasteiger charge is -2.10. The molecule has 0 amide bonds. The first-order valence-corrected chi connectivity index (χ1v) is 5.26. The molecule has 1 aromatic rings. The predicted octanol–water partition coefficient (Wildman–Crippen LogP) is 2.61. The smallest absolute Gasteiger partial charge is 0.308 e. The lowest BCUT2D eigenvalue weighted by atomic mass is 10.0. The molecule has 0 saturated heterocycles. The first-order valence-electron chi connectivity index (χ1n) is 5.26. The third-order valence-electron chi connectivity index (χ3n) is 2.24. The highest BCUT2D eigenvalue weighted by atomic mass is 19.3. The highest BCUT2D eigenvalue weighted by molar-refractivity contribution is 5.70. The number of rotatable bonds is 5. The Labute approximate surface area is 98.0 Å². The molecule has 94 valence electrons. The topological polar surface area (TPSA) is 46.5 Å². The van der Waals surface area contributed by atoms with Crippen molar-refractivity contribution in [2.24, 2.45) is 0 Å². The number of halogens is 2. The van der Waals surface area contributed by atoms with Crippen LogP contribution in [0.5, 0.6) is 0 Å². The third kappa shape index (κ3) is 4.11. The molecule has 1 rings (SSSR count). The van der Waals surface area contributed by atoms with Gasteiger partial charge in [-0.2, -0.15) is 0 Å². The fraction of sp³-hybridized carbons (Fsp3) is 0.417. The van der Waals surface area contributed by atoms with Crippen molar-refractivity contribution < 1.29 is 23.4 Å². The Hall–Kier alpha value is -1.49. The first kappa shape index (κ1) is 13.6. The summed E-state index contributed by atoms with van der Waals surface area (Å²) in [6, 6.07) is 5.22. The van der Waals surface area contributed by atoms with E-state index < -0.39 is 18.5 Å². The molecule has 5 heteroatoms. The average molecular weight is 244 g/mol. The molecule has 3 nitrogen and oxygen atoms in total. The van der Waals surface area contributed by atoms with Crippen LogP contribution in [0.1, 0.15) is 37.0 Å². The highest BCUT2D eigenvalue weighted by Crippen LogP contribution is 2.22. The van der Waals surface area contributed by atoms with Crippen molar-refractivity contribution in [3.63, 3.8) is 0 Å². The second kappa shape index (κ2) is 6.30. The summed E-state index contributed by atoms with van der Waals surface area (Å²) >= 11 is 0. The monoisotopic (exact) mass is 244 g/mol. The van der Waals surface area contributed by atoms with Crippen LogP contribution in [0.15, 0.2) is 24.3 Å². The number of ether oxygens (including phenoxy) is 1. The van der Waals surface area contributed by atoms with Gasteiger partial charge < -0.3 is 9.84 Å². The van der Waals surface area contributed by atoms with Crippen LogP contribution in [-0.4, -0.2) is 17.7 Å². The number of esters is 1. The van der Waals surface area contributed by atoms with Crippen LogP contribution >= 0.6 is 0 Å². The highest BCUT2D eigenvalue weighted by Gasteiger charge is 2.14. The van der Waals surface area contributed by atoms with E-state index in [9.17, 15) is 18.7 Å². The zero-order chi connectivity index (χ0) is 12.8. The lowest BCUT2D eigenvalue weighted by Crippen LogP contribution is -2.10. The average Bonchev–Trinajstić information content (AvgIpc) is 2.29. The summed E-state index contributed by atoms with van der Waals surface area (Å²) in [5, 5.41) is 9.66. The van der Waals surface area contributed by atoms with Crippen LogP contribution in [0.4, 0.5) is 8.78 Å². The molecule has 0 fully saturated rings. The Morgan fingerprint density at radius 1 is 1.29 bits per heavy atom. The number of hydrogen-bond acceptors (Lipinski definition) is 3. The summed E-state index contributed by atoms with van der Waals surface area (Å²) in [6.45, 7) is 1.91. The Morgan fingerprint density at radius 3 is 2.29 bits per heavy atom. The summed E-state index contributed by atoms with van der Waals surface area (Å²) in [5.74, 6) is -0.516. The van der Waals surface area contributed by atoms with E-state index in [0.717, 1.165) is 0 Å². The molecule has 0 saturated carbocycles. The second-order valence-corrected chi connectivity index (χ2v) is 3.49.